The van der Waals surface area contributed by atoms with Crippen LogP contribution in [-0.2, 0) is 9.84 Å². The van der Waals surface area contributed by atoms with Crippen molar-refractivity contribution in [3.63, 3.8) is 0 Å². The molecule has 0 unspecified atom stereocenters. The summed E-state index contributed by atoms with van der Waals surface area (Å²) in [5.74, 6) is 0.860. The third kappa shape index (κ3) is 4.16. The maximum Gasteiger partial charge on any atom is 0.254 e. The molecule has 0 bridgehead atoms. The van der Waals surface area contributed by atoms with Crippen molar-refractivity contribution < 1.29 is 22.7 Å². The molecule has 6 nitrogen and oxygen atoms in total. The number of sulfone groups is 1. The molecule has 0 aliphatic carbocycles. The van der Waals surface area contributed by atoms with E-state index in [2.05, 4.69) is 0 Å². The molecule has 7 heteroatoms. The third-order valence-electron chi connectivity index (χ3n) is 4.32. The van der Waals surface area contributed by atoms with E-state index in [1.54, 1.807) is 54.4 Å². The van der Waals surface area contributed by atoms with Crippen LogP contribution in [0.25, 0.3) is 0 Å². The minimum Gasteiger partial charge on any atom is -0.493 e. The lowest BCUT2D eigenvalue weighted by molar-refractivity contribution is 0.0742. The molecule has 2 aromatic carbocycles. The van der Waals surface area contributed by atoms with E-state index in [-0.39, 0.29) is 16.8 Å². The highest BCUT2D eigenvalue weighted by atomic mass is 32.2. The van der Waals surface area contributed by atoms with Gasteiger partial charge in [0.2, 0.25) is 0 Å². The lowest BCUT2D eigenvalue weighted by Gasteiger charge is -2.26. The fourth-order valence-corrected chi connectivity index (χ4v) is 3.20. The molecule has 2 rings (SSSR count). The lowest BCUT2D eigenvalue weighted by Crippen LogP contribution is -2.29. The molecule has 0 spiro atoms. The minimum absolute atomic E-state index is 0.175. The van der Waals surface area contributed by atoms with Gasteiger partial charge in [0, 0.05) is 18.9 Å². The van der Waals surface area contributed by atoms with Crippen LogP contribution >= 0.6 is 0 Å². The first-order chi connectivity index (χ1) is 12.2. The summed E-state index contributed by atoms with van der Waals surface area (Å²) in [5, 5.41) is 0. The van der Waals surface area contributed by atoms with Gasteiger partial charge in [0.1, 0.15) is 0 Å². The Kier molecular flexibility index (Phi) is 5.92. The van der Waals surface area contributed by atoms with Crippen molar-refractivity contribution in [2.75, 3.05) is 27.5 Å². The number of carbonyl (C=O) groups is 1. The summed E-state index contributed by atoms with van der Waals surface area (Å²) >= 11 is 0. The van der Waals surface area contributed by atoms with E-state index in [4.69, 9.17) is 9.47 Å². The standard InChI is InChI=1S/C19H23NO5S/c1-13(14-6-9-16(10-7-14)26(5,22)23)20(2)19(21)15-8-11-17(24-3)18(12-15)25-4/h6-13H,1-5H3/t13-/m0/s1. The van der Waals surface area contributed by atoms with Gasteiger partial charge in [-0.1, -0.05) is 12.1 Å². The van der Waals surface area contributed by atoms with E-state index in [1.807, 2.05) is 6.92 Å². The van der Waals surface area contributed by atoms with Gasteiger partial charge in [-0.3, -0.25) is 4.79 Å². The first-order valence-electron chi connectivity index (χ1n) is 7.98. The molecule has 26 heavy (non-hydrogen) atoms. The number of methoxy groups -OCH3 is 2. The fourth-order valence-electron chi connectivity index (χ4n) is 2.57. The molecule has 0 radical (unpaired) electrons. The van der Waals surface area contributed by atoms with Gasteiger partial charge in [0.15, 0.2) is 21.3 Å². The molecule has 1 amide bonds. The Bertz CT molecular complexity index is 891. The number of amides is 1. The summed E-state index contributed by atoms with van der Waals surface area (Å²) in [6, 6.07) is 11.3. The Balaban J connectivity index is 2.24. The number of carbonyl (C=O) groups excluding carboxylic acids is 1. The molecule has 140 valence electrons. The quantitative estimate of drug-likeness (QED) is 0.774. The Morgan fingerprint density at radius 2 is 1.58 bits per heavy atom. The Morgan fingerprint density at radius 3 is 2.08 bits per heavy atom. The van der Waals surface area contributed by atoms with Gasteiger partial charge >= 0.3 is 0 Å². The Labute approximate surface area is 154 Å². The predicted molar refractivity (Wildman–Crippen MR) is 99.6 cm³/mol. The first kappa shape index (κ1) is 19.8. The molecule has 0 N–H and O–H groups in total. The summed E-state index contributed by atoms with van der Waals surface area (Å²) in [4.78, 5) is 14.6. The van der Waals surface area contributed by atoms with Gasteiger partial charge in [0.25, 0.3) is 5.91 Å². The molecule has 0 heterocycles. The zero-order valence-electron chi connectivity index (χ0n) is 15.5. The number of ether oxygens (including phenoxy) is 2. The molecular weight excluding hydrogens is 354 g/mol. The average Bonchev–Trinajstić information content (AvgIpc) is 2.65. The van der Waals surface area contributed by atoms with Crippen molar-refractivity contribution in [3.8, 4) is 11.5 Å². The van der Waals surface area contributed by atoms with Crippen LogP contribution in [0.3, 0.4) is 0 Å². The number of hydrogen-bond donors (Lipinski definition) is 0. The molecule has 0 aliphatic rings. The highest BCUT2D eigenvalue weighted by molar-refractivity contribution is 7.90. The number of rotatable bonds is 6. The number of hydrogen-bond acceptors (Lipinski definition) is 5. The van der Waals surface area contributed by atoms with Gasteiger partial charge in [0.05, 0.1) is 25.2 Å². The molecular formula is C19H23NO5S. The first-order valence-corrected chi connectivity index (χ1v) is 9.87. The van der Waals surface area contributed by atoms with Crippen molar-refractivity contribution >= 4 is 15.7 Å². The van der Waals surface area contributed by atoms with Crippen molar-refractivity contribution in [2.45, 2.75) is 17.9 Å². The molecule has 0 aliphatic heterocycles. The summed E-state index contributed by atoms with van der Waals surface area (Å²) in [5.41, 5.74) is 1.32. The molecule has 0 saturated heterocycles. The van der Waals surface area contributed by atoms with Crippen LogP contribution in [0.5, 0.6) is 11.5 Å². The zero-order chi connectivity index (χ0) is 19.5. The maximum atomic E-state index is 12.8. The SMILES string of the molecule is COc1ccc(C(=O)N(C)[C@@H](C)c2ccc(S(C)(=O)=O)cc2)cc1OC. The second-order valence-electron chi connectivity index (χ2n) is 6.00. The van der Waals surface area contributed by atoms with Crippen LogP contribution in [0.15, 0.2) is 47.4 Å². The number of benzene rings is 2. The van der Waals surface area contributed by atoms with Gasteiger partial charge in [-0.25, -0.2) is 8.42 Å². The summed E-state index contributed by atoms with van der Waals surface area (Å²) < 4.78 is 33.6. The third-order valence-corrected chi connectivity index (χ3v) is 5.45. The van der Waals surface area contributed by atoms with Crippen molar-refractivity contribution in [2.24, 2.45) is 0 Å². The van der Waals surface area contributed by atoms with E-state index in [0.29, 0.717) is 17.1 Å². The minimum atomic E-state index is -3.25. The van der Waals surface area contributed by atoms with Crippen LogP contribution in [0, 0.1) is 0 Å². The predicted octanol–water partition coefficient (Wildman–Crippen LogP) is 2.94. The second kappa shape index (κ2) is 7.78. The van der Waals surface area contributed by atoms with Crippen molar-refractivity contribution in [1.82, 2.24) is 4.90 Å². The summed E-state index contributed by atoms with van der Waals surface area (Å²) in [6.07, 6.45) is 1.16. The van der Waals surface area contributed by atoms with Crippen molar-refractivity contribution in [3.05, 3.63) is 53.6 Å². The van der Waals surface area contributed by atoms with E-state index in [0.717, 1.165) is 11.8 Å². The van der Waals surface area contributed by atoms with Crippen LogP contribution in [-0.4, -0.2) is 46.7 Å². The average molecular weight is 377 g/mol. The number of nitrogens with zero attached hydrogens (tertiary/aromatic N) is 1. The molecule has 0 fully saturated rings. The van der Waals surface area contributed by atoms with E-state index in [9.17, 15) is 13.2 Å². The van der Waals surface area contributed by atoms with E-state index in [1.165, 1.54) is 14.2 Å². The van der Waals surface area contributed by atoms with Gasteiger partial charge < -0.3 is 14.4 Å². The smallest absolute Gasteiger partial charge is 0.254 e. The van der Waals surface area contributed by atoms with Gasteiger partial charge in [-0.05, 0) is 42.8 Å². The van der Waals surface area contributed by atoms with Gasteiger partial charge in [-0.15, -0.1) is 0 Å². The fraction of sp³-hybridized carbons (Fsp3) is 0.316. The summed E-state index contributed by atoms with van der Waals surface area (Å²) in [6.45, 7) is 1.88. The topological polar surface area (TPSA) is 72.9 Å². The highest BCUT2D eigenvalue weighted by Crippen LogP contribution is 2.29. The van der Waals surface area contributed by atoms with Gasteiger partial charge in [-0.2, -0.15) is 0 Å². The molecule has 0 saturated carbocycles. The Morgan fingerprint density at radius 1 is 1.00 bits per heavy atom. The largest absolute Gasteiger partial charge is 0.493 e. The molecule has 0 aromatic heterocycles. The molecule has 1 atom stereocenters. The normalized spacial score (nSPS) is 12.3. The van der Waals surface area contributed by atoms with Crippen LogP contribution in [0.4, 0.5) is 0 Å². The highest BCUT2D eigenvalue weighted by Gasteiger charge is 2.21. The Hall–Kier alpha value is -2.54. The lowest BCUT2D eigenvalue weighted by atomic mass is 10.1. The summed E-state index contributed by atoms with van der Waals surface area (Å²) in [7, 11) is 1.51. The van der Waals surface area contributed by atoms with Crippen LogP contribution in [0.2, 0.25) is 0 Å². The maximum absolute atomic E-state index is 12.8. The van der Waals surface area contributed by atoms with Crippen LogP contribution < -0.4 is 9.47 Å². The molecule has 2 aromatic rings. The monoisotopic (exact) mass is 377 g/mol. The zero-order valence-corrected chi connectivity index (χ0v) is 16.3. The van der Waals surface area contributed by atoms with Crippen LogP contribution in [0.1, 0.15) is 28.9 Å². The van der Waals surface area contributed by atoms with E-state index >= 15 is 0 Å². The second-order valence-corrected chi connectivity index (χ2v) is 8.02. The van der Waals surface area contributed by atoms with E-state index < -0.39 is 9.84 Å². The van der Waals surface area contributed by atoms with Crippen molar-refractivity contribution in [1.29, 1.82) is 0 Å².